The molecule has 0 amide bonds. The molecule has 0 saturated heterocycles. The van der Waals surface area contributed by atoms with Crippen LogP contribution in [-0.4, -0.2) is 24.0 Å². The number of rotatable bonds is 6. The van der Waals surface area contributed by atoms with Crippen molar-refractivity contribution >= 4 is 44.7 Å². The second kappa shape index (κ2) is 8.45. The van der Waals surface area contributed by atoms with Gasteiger partial charge < -0.3 is 4.18 Å². The van der Waals surface area contributed by atoms with Crippen molar-refractivity contribution in [3.05, 3.63) is 59.7 Å². The van der Waals surface area contributed by atoms with Gasteiger partial charge in [-0.05, 0) is 42.8 Å². The van der Waals surface area contributed by atoms with Crippen LogP contribution in [-0.2, 0) is 10.1 Å². The first kappa shape index (κ1) is 23.4. The van der Waals surface area contributed by atoms with Gasteiger partial charge in [0.2, 0.25) is 0 Å². The van der Waals surface area contributed by atoms with Crippen molar-refractivity contribution in [1.82, 2.24) is 0 Å². The molecule has 0 aliphatic heterocycles. The lowest BCUT2D eigenvalue weighted by molar-refractivity contribution is -0.0500. The largest absolute Gasteiger partial charge is 0.534 e. The molecule has 2 aromatic carbocycles. The molecular weight excluding hydrogens is 464 g/mol. The molecule has 0 heterocycles. The third-order valence-electron chi connectivity index (χ3n) is 3.56. The minimum Gasteiger partial charge on any atom is -0.376 e. The molecule has 0 fully saturated rings. The molecule has 0 aliphatic carbocycles. The Labute approximate surface area is 173 Å². The summed E-state index contributed by atoms with van der Waals surface area (Å²) in [5, 5.41) is 0. The molecule has 2 rings (SSSR count). The number of aliphatic imine (C=N–C) groups is 1. The quantitative estimate of drug-likeness (QED) is 0.172. The summed E-state index contributed by atoms with van der Waals surface area (Å²) < 4.78 is 89.7. The first-order valence-electron chi connectivity index (χ1n) is 7.80. The maximum atomic E-state index is 14.2. The van der Waals surface area contributed by atoms with Gasteiger partial charge in [-0.25, -0.2) is 13.8 Å². The number of hydrogen-bond donors (Lipinski definition) is 0. The van der Waals surface area contributed by atoms with E-state index in [1.54, 1.807) is 6.92 Å². The predicted molar refractivity (Wildman–Crippen MR) is 99.3 cm³/mol. The minimum absolute atomic E-state index is 0.0152. The maximum absolute atomic E-state index is 14.2. The highest BCUT2D eigenvalue weighted by molar-refractivity contribution is 7.88. The Morgan fingerprint density at radius 3 is 2.00 bits per heavy atom. The molecule has 0 unspecified atom stereocenters. The lowest BCUT2D eigenvalue weighted by Gasteiger charge is -2.21. The summed E-state index contributed by atoms with van der Waals surface area (Å²) in [6.45, 7) is 1.55. The molecule has 0 N–H and O–H groups in total. The van der Waals surface area contributed by atoms with E-state index in [2.05, 4.69) is 9.18 Å². The van der Waals surface area contributed by atoms with Gasteiger partial charge in [0.1, 0.15) is 17.4 Å². The highest BCUT2D eigenvalue weighted by Crippen LogP contribution is 2.35. The molecule has 0 bridgehead atoms. The van der Waals surface area contributed by atoms with Gasteiger partial charge in [-0.15, -0.1) is 0 Å². The zero-order valence-corrected chi connectivity index (χ0v) is 16.8. The summed E-state index contributed by atoms with van der Waals surface area (Å²) in [6, 6.07) is 6.99. The Morgan fingerprint density at radius 2 is 1.55 bits per heavy atom. The Bertz CT molecular complexity index is 1000. The van der Waals surface area contributed by atoms with Crippen LogP contribution in [0.5, 0.6) is 5.75 Å². The topological polar surface area (TPSA) is 55.7 Å². The van der Waals surface area contributed by atoms with Crippen LogP contribution in [0.3, 0.4) is 0 Å². The number of halogens is 7. The summed E-state index contributed by atoms with van der Waals surface area (Å²) in [6.07, 6.45) is 0.0216. The van der Waals surface area contributed by atoms with Crippen LogP contribution in [0.1, 0.15) is 18.9 Å². The van der Waals surface area contributed by atoms with E-state index in [1.165, 1.54) is 0 Å². The van der Waals surface area contributed by atoms with Crippen molar-refractivity contribution in [2.75, 3.05) is 0 Å². The molecule has 0 radical (unpaired) electrons. The molecule has 29 heavy (non-hydrogen) atoms. The highest BCUT2D eigenvalue weighted by Gasteiger charge is 2.48. The van der Waals surface area contributed by atoms with E-state index in [9.17, 15) is 30.4 Å². The molecule has 0 spiro atoms. The fourth-order valence-electron chi connectivity index (χ4n) is 2.09. The number of hydrogen-bond acceptors (Lipinski definition) is 4. The van der Waals surface area contributed by atoms with E-state index < -0.39 is 42.9 Å². The van der Waals surface area contributed by atoms with E-state index in [0.717, 1.165) is 42.5 Å². The van der Waals surface area contributed by atoms with Crippen molar-refractivity contribution < 1.29 is 34.6 Å². The van der Waals surface area contributed by atoms with E-state index in [-0.39, 0.29) is 17.8 Å². The summed E-state index contributed by atoms with van der Waals surface area (Å²) >= 11 is 12.3. The van der Waals surface area contributed by atoms with Crippen LogP contribution < -0.4 is 4.18 Å². The molecule has 158 valence electrons. The Kier molecular flexibility index (Phi) is 6.81. The van der Waals surface area contributed by atoms with Crippen LogP contribution >= 0.6 is 23.2 Å². The summed E-state index contributed by atoms with van der Waals surface area (Å²) in [5.41, 5.74) is -6.55. The average molecular weight is 476 g/mol. The van der Waals surface area contributed by atoms with Crippen LogP contribution in [0.2, 0.25) is 0 Å². The fourth-order valence-corrected chi connectivity index (χ4v) is 2.82. The van der Waals surface area contributed by atoms with Crippen molar-refractivity contribution in [3.8, 4) is 5.75 Å². The van der Waals surface area contributed by atoms with Crippen LogP contribution in [0.25, 0.3) is 0 Å². The number of alkyl halides is 5. The van der Waals surface area contributed by atoms with E-state index in [4.69, 9.17) is 23.2 Å². The average Bonchev–Trinajstić information content (AvgIpc) is 2.61. The summed E-state index contributed by atoms with van der Waals surface area (Å²) in [5.74, 6) is -2.59. The summed E-state index contributed by atoms with van der Waals surface area (Å²) in [7, 11) is -5.85. The molecule has 0 aliphatic rings. The Morgan fingerprint density at radius 1 is 1.03 bits per heavy atom. The van der Waals surface area contributed by atoms with Gasteiger partial charge in [-0.2, -0.15) is 21.6 Å². The van der Waals surface area contributed by atoms with Gasteiger partial charge in [0.15, 0.2) is 4.33 Å². The van der Waals surface area contributed by atoms with Gasteiger partial charge in [0.25, 0.3) is 0 Å². The van der Waals surface area contributed by atoms with E-state index >= 15 is 0 Å². The molecule has 0 atom stereocenters. The second-order valence-corrected chi connectivity index (χ2v) is 8.61. The number of nitrogens with zero attached hydrogens (tertiary/aromatic N) is 1. The second-order valence-electron chi connectivity index (χ2n) is 5.59. The smallest absolute Gasteiger partial charge is 0.376 e. The van der Waals surface area contributed by atoms with Crippen LogP contribution in [0.4, 0.5) is 27.6 Å². The zero-order chi connectivity index (χ0) is 22.0. The van der Waals surface area contributed by atoms with Gasteiger partial charge >= 0.3 is 15.6 Å². The third kappa shape index (κ3) is 5.37. The van der Waals surface area contributed by atoms with E-state index in [0.29, 0.717) is 0 Å². The predicted octanol–water partition coefficient (Wildman–Crippen LogP) is 5.90. The van der Waals surface area contributed by atoms with E-state index in [1.807, 2.05) is 0 Å². The first-order chi connectivity index (χ1) is 13.3. The molecular formula is C17H12Cl2F5NO3S. The molecule has 0 saturated carbocycles. The van der Waals surface area contributed by atoms with Gasteiger partial charge in [-0.1, -0.05) is 36.2 Å². The van der Waals surface area contributed by atoms with Crippen molar-refractivity contribution in [2.45, 2.75) is 23.2 Å². The minimum atomic E-state index is -5.85. The molecule has 2 aromatic rings. The molecule has 4 nitrogen and oxygen atoms in total. The highest BCUT2D eigenvalue weighted by atomic mass is 35.5. The number of benzene rings is 2. The lowest BCUT2D eigenvalue weighted by atomic mass is 10.0. The Hall–Kier alpha value is -1.91. The maximum Gasteiger partial charge on any atom is 0.534 e. The lowest BCUT2D eigenvalue weighted by Crippen LogP contribution is -2.28. The first-order valence-corrected chi connectivity index (χ1v) is 9.97. The van der Waals surface area contributed by atoms with Crippen LogP contribution in [0.15, 0.2) is 47.5 Å². The fraction of sp³-hybridized carbons (Fsp3) is 0.235. The third-order valence-corrected chi connectivity index (χ3v) is 5.43. The van der Waals surface area contributed by atoms with Crippen molar-refractivity contribution in [2.24, 2.45) is 4.99 Å². The standard InChI is InChI=1S/C17H12Cl2F5NO3S/c1-2-16(18,19)15(14-12(20)4-3-5-13(14)21)25-10-6-8-11(9-7-10)28-29(26,27)17(22,23)24/h3-9H,2H2,1H3. The molecule has 0 aromatic heterocycles. The normalized spacial score (nSPS) is 13.4. The van der Waals surface area contributed by atoms with Crippen LogP contribution in [0, 0.1) is 11.6 Å². The van der Waals surface area contributed by atoms with Gasteiger partial charge in [0, 0.05) is 0 Å². The SMILES string of the molecule is CCC(Cl)(Cl)C(=Nc1ccc(OS(=O)(=O)C(F)(F)F)cc1)c1c(F)cccc1F. The van der Waals surface area contributed by atoms with Crippen molar-refractivity contribution in [1.29, 1.82) is 0 Å². The monoisotopic (exact) mass is 475 g/mol. The Balaban J connectivity index is 2.48. The zero-order valence-electron chi connectivity index (χ0n) is 14.5. The summed E-state index contributed by atoms with van der Waals surface area (Å²) in [4.78, 5) is 4.02. The van der Waals surface area contributed by atoms with Gasteiger partial charge in [0.05, 0.1) is 17.0 Å². The molecule has 12 heteroatoms. The van der Waals surface area contributed by atoms with Crippen molar-refractivity contribution in [3.63, 3.8) is 0 Å². The van der Waals surface area contributed by atoms with Gasteiger partial charge in [-0.3, -0.25) is 0 Å².